The van der Waals surface area contributed by atoms with E-state index in [0.29, 0.717) is 23.2 Å². The Labute approximate surface area is 160 Å². The monoisotopic (exact) mass is 361 g/mol. The molecule has 0 N–H and O–H groups in total. The van der Waals surface area contributed by atoms with Gasteiger partial charge in [0.2, 0.25) is 0 Å². The van der Waals surface area contributed by atoms with Crippen LogP contribution in [0.15, 0.2) is 53.4 Å². The number of thiophene rings is 1. The molecule has 3 atom stereocenters. The van der Waals surface area contributed by atoms with Gasteiger partial charge in [-0.2, -0.15) is 11.3 Å². The Hall–Kier alpha value is -1.41. The second kappa shape index (κ2) is 5.79. The van der Waals surface area contributed by atoms with Gasteiger partial charge in [-0.05, 0) is 102 Å². The Kier molecular flexibility index (Phi) is 3.48. The van der Waals surface area contributed by atoms with Gasteiger partial charge in [-0.3, -0.25) is 4.98 Å². The van der Waals surface area contributed by atoms with E-state index in [9.17, 15) is 0 Å². The van der Waals surface area contributed by atoms with Crippen LogP contribution in [0.4, 0.5) is 0 Å². The van der Waals surface area contributed by atoms with Crippen LogP contribution in [0, 0.1) is 29.1 Å². The first kappa shape index (κ1) is 15.6. The smallest absolute Gasteiger partial charge is 0.0446 e. The van der Waals surface area contributed by atoms with E-state index in [1.165, 1.54) is 49.8 Å². The fourth-order valence-corrected chi connectivity index (χ4v) is 7.83. The van der Waals surface area contributed by atoms with Gasteiger partial charge < -0.3 is 0 Å². The summed E-state index contributed by atoms with van der Waals surface area (Å²) in [5.41, 5.74) is 3.35. The summed E-state index contributed by atoms with van der Waals surface area (Å²) in [5, 5.41) is 4.57. The molecule has 4 bridgehead atoms. The summed E-state index contributed by atoms with van der Waals surface area (Å²) >= 11 is 1.83. The molecule has 7 rings (SSSR count). The summed E-state index contributed by atoms with van der Waals surface area (Å²) in [6.07, 6.45) is 16.3. The van der Waals surface area contributed by atoms with Crippen LogP contribution in [0.5, 0.6) is 0 Å². The van der Waals surface area contributed by atoms with Crippen LogP contribution in [0.1, 0.15) is 61.6 Å². The van der Waals surface area contributed by atoms with Gasteiger partial charge >= 0.3 is 0 Å². The number of allylic oxidation sites excluding steroid dienone is 2. The van der Waals surface area contributed by atoms with Crippen molar-refractivity contribution in [1.29, 1.82) is 0 Å². The zero-order valence-electron chi connectivity index (χ0n) is 15.3. The first-order chi connectivity index (χ1) is 12.8. The number of aromatic nitrogens is 1. The maximum atomic E-state index is 4.70. The SMILES string of the molecule is C(=C\C12CC3CC(CC(C3)C1)C2)/C1C(c2ccsc2)C1c1ccccn1. The summed E-state index contributed by atoms with van der Waals surface area (Å²) in [6.45, 7) is 0. The summed E-state index contributed by atoms with van der Waals surface area (Å²) in [5.74, 6) is 4.96. The average Bonchev–Trinajstić information content (AvgIpc) is 3.09. The molecule has 5 aliphatic carbocycles. The van der Waals surface area contributed by atoms with Gasteiger partial charge in [0.1, 0.15) is 0 Å². The molecule has 0 saturated heterocycles. The van der Waals surface area contributed by atoms with Crippen molar-refractivity contribution in [3.63, 3.8) is 0 Å². The lowest BCUT2D eigenvalue weighted by atomic mass is 9.49. The zero-order valence-corrected chi connectivity index (χ0v) is 16.1. The topological polar surface area (TPSA) is 12.9 Å². The van der Waals surface area contributed by atoms with Crippen LogP contribution < -0.4 is 0 Å². The number of pyridine rings is 1. The molecule has 5 saturated carbocycles. The summed E-state index contributed by atoms with van der Waals surface area (Å²) in [6, 6.07) is 8.73. The molecule has 1 nitrogen and oxygen atoms in total. The molecule has 0 radical (unpaired) electrons. The number of rotatable bonds is 4. The highest BCUT2D eigenvalue weighted by atomic mass is 32.1. The first-order valence-electron chi connectivity index (χ1n) is 10.4. The average molecular weight is 362 g/mol. The molecular formula is C24H27NS. The molecule has 5 aliphatic rings. The van der Waals surface area contributed by atoms with Crippen molar-refractivity contribution in [2.24, 2.45) is 29.1 Å². The molecule has 134 valence electrons. The number of nitrogens with zero attached hydrogens (tertiary/aromatic N) is 1. The molecule has 2 aromatic rings. The maximum Gasteiger partial charge on any atom is 0.0446 e. The molecule has 5 fully saturated rings. The lowest BCUT2D eigenvalue weighted by Crippen LogP contribution is -2.45. The van der Waals surface area contributed by atoms with Crippen molar-refractivity contribution in [2.45, 2.75) is 50.4 Å². The van der Waals surface area contributed by atoms with Crippen LogP contribution in [0.3, 0.4) is 0 Å². The molecule has 0 aliphatic heterocycles. The van der Waals surface area contributed by atoms with Crippen molar-refractivity contribution in [3.05, 3.63) is 64.6 Å². The third-order valence-electron chi connectivity index (χ3n) is 7.79. The second-order valence-electron chi connectivity index (χ2n) is 9.58. The summed E-state index contributed by atoms with van der Waals surface area (Å²) in [4.78, 5) is 4.70. The van der Waals surface area contributed by atoms with Gasteiger partial charge in [0.15, 0.2) is 0 Å². The van der Waals surface area contributed by atoms with Gasteiger partial charge in [0.25, 0.3) is 0 Å². The van der Waals surface area contributed by atoms with Crippen molar-refractivity contribution in [3.8, 4) is 0 Å². The fourth-order valence-electron chi connectivity index (χ4n) is 7.12. The van der Waals surface area contributed by atoms with Gasteiger partial charge in [0, 0.05) is 23.7 Å². The standard InChI is InChI=1S/C24H27NS/c1-2-7-25-21(3-1)23-20(22(23)19-5-8-26-15-19)4-6-24-12-16-9-17(13-24)11-18(10-16)14-24/h1-8,15-18,20,22-23H,9-14H2/b6-4+. The van der Waals surface area contributed by atoms with Crippen molar-refractivity contribution in [2.75, 3.05) is 0 Å². The van der Waals surface area contributed by atoms with Gasteiger partial charge in [-0.25, -0.2) is 0 Å². The second-order valence-corrected chi connectivity index (χ2v) is 10.4. The van der Waals surface area contributed by atoms with E-state index < -0.39 is 0 Å². The maximum absolute atomic E-state index is 4.70. The van der Waals surface area contributed by atoms with Crippen LogP contribution in [0.25, 0.3) is 0 Å². The summed E-state index contributed by atoms with van der Waals surface area (Å²) < 4.78 is 0. The van der Waals surface area contributed by atoms with E-state index in [1.807, 2.05) is 23.6 Å². The Morgan fingerprint density at radius 2 is 1.73 bits per heavy atom. The highest BCUT2D eigenvalue weighted by Crippen LogP contribution is 2.64. The van der Waals surface area contributed by atoms with Crippen LogP contribution in [0.2, 0.25) is 0 Å². The lowest BCUT2D eigenvalue weighted by molar-refractivity contribution is -0.0239. The molecule has 0 amide bonds. The highest BCUT2D eigenvalue weighted by Gasteiger charge is 2.53. The van der Waals surface area contributed by atoms with Crippen molar-refractivity contribution < 1.29 is 0 Å². The number of hydrogen-bond acceptors (Lipinski definition) is 2. The lowest BCUT2D eigenvalue weighted by Gasteiger charge is -2.56. The highest BCUT2D eigenvalue weighted by molar-refractivity contribution is 7.08. The van der Waals surface area contributed by atoms with Gasteiger partial charge in [0.05, 0.1) is 0 Å². The predicted octanol–water partition coefficient (Wildman–Crippen LogP) is 6.41. The molecule has 2 aromatic heterocycles. The molecule has 0 spiro atoms. The zero-order chi connectivity index (χ0) is 17.1. The van der Waals surface area contributed by atoms with Crippen LogP contribution in [-0.4, -0.2) is 4.98 Å². The van der Waals surface area contributed by atoms with Crippen LogP contribution in [-0.2, 0) is 0 Å². The van der Waals surface area contributed by atoms with Gasteiger partial charge in [-0.1, -0.05) is 18.2 Å². The minimum atomic E-state index is 0.547. The Balaban J connectivity index is 1.28. The Morgan fingerprint density at radius 3 is 2.35 bits per heavy atom. The Morgan fingerprint density at radius 1 is 0.962 bits per heavy atom. The predicted molar refractivity (Wildman–Crippen MR) is 107 cm³/mol. The third-order valence-corrected chi connectivity index (χ3v) is 8.49. The van der Waals surface area contributed by atoms with E-state index >= 15 is 0 Å². The normalized spacial score (nSPS) is 43.2. The van der Waals surface area contributed by atoms with E-state index in [-0.39, 0.29) is 0 Å². The van der Waals surface area contributed by atoms with Crippen molar-refractivity contribution >= 4 is 11.3 Å². The Bertz CT molecular complexity index is 771. The fraction of sp³-hybridized carbons (Fsp3) is 0.542. The van der Waals surface area contributed by atoms with Crippen molar-refractivity contribution in [1.82, 2.24) is 4.98 Å². The quantitative estimate of drug-likeness (QED) is 0.573. The molecule has 2 heteroatoms. The van der Waals surface area contributed by atoms with Crippen LogP contribution >= 0.6 is 11.3 Å². The number of hydrogen-bond donors (Lipinski definition) is 0. The van der Waals surface area contributed by atoms with E-state index in [1.54, 1.807) is 0 Å². The minimum Gasteiger partial charge on any atom is -0.261 e. The molecule has 0 aromatic carbocycles. The molecular weight excluding hydrogens is 334 g/mol. The van der Waals surface area contributed by atoms with E-state index in [2.05, 4.69) is 41.1 Å². The van der Waals surface area contributed by atoms with E-state index in [0.717, 1.165) is 17.8 Å². The third kappa shape index (κ3) is 2.52. The molecule has 3 unspecified atom stereocenters. The summed E-state index contributed by atoms with van der Waals surface area (Å²) in [7, 11) is 0. The first-order valence-corrected chi connectivity index (χ1v) is 11.4. The molecule has 2 heterocycles. The largest absolute Gasteiger partial charge is 0.261 e. The van der Waals surface area contributed by atoms with Gasteiger partial charge in [-0.15, -0.1) is 0 Å². The minimum absolute atomic E-state index is 0.547. The van der Waals surface area contributed by atoms with E-state index in [4.69, 9.17) is 4.98 Å². The molecule has 26 heavy (non-hydrogen) atoms.